The lowest BCUT2D eigenvalue weighted by Gasteiger charge is -2.07. The largest absolute Gasteiger partial charge is 0.468 e. The molecule has 1 amide bonds. The lowest BCUT2D eigenvalue weighted by atomic mass is 10.2. The van der Waals surface area contributed by atoms with Crippen molar-refractivity contribution < 1.29 is 22.7 Å². The molecule has 0 atom stereocenters. The summed E-state index contributed by atoms with van der Waals surface area (Å²) in [5.74, 6) is -2.48. The van der Waals surface area contributed by atoms with Gasteiger partial charge in [0.25, 0.3) is 5.91 Å². The summed E-state index contributed by atoms with van der Waals surface area (Å²) < 4.78 is 47.6. The summed E-state index contributed by atoms with van der Waals surface area (Å²) in [7, 11) is 0. The van der Waals surface area contributed by atoms with Gasteiger partial charge in [-0.15, -0.1) is 0 Å². The molecule has 1 N–H and O–H groups in total. The second-order valence-electron chi connectivity index (χ2n) is 6.69. The fourth-order valence-electron chi connectivity index (χ4n) is 2.79. The number of nitrogens with one attached hydrogen (secondary N) is 1. The molecule has 32 heavy (non-hydrogen) atoms. The third-order valence-electron chi connectivity index (χ3n) is 4.33. The minimum absolute atomic E-state index is 0.0531. The number of aromatic nitrogens is 4. The molecular weight excluding hydrogens is 447 g/mol. The van der Waals surface area contributed by atoms with Crippen LogP contribution in [-0.4, -0.2) is 25.5 Å². The van der Waals surface area contributed by atoms with Crippen LogP contribution in [0.3, 0.4) is 0 Å². The van der Waals surface area contributed by atoms with E-state index in [9.17, 15) is 18.0 Å². The van der Waals surface area contributed by atoms with Crippen LogP contribution in [0.25, 0.3) is 0 Å². The van der Waals surface area contributed by atoms with Crippen LogP contribution in [0.2, 0.25) is 5.02 Å². The van der Waals surface area contributed by atoms with Crippen molar-refractivity contribution in [2.24, 2.45) is 0 Å². The fourth-order valence-corrected chi connectivity index (χ4v) is 2.99. The zero-order valence-electron chi connectivity index (χ0n) is 16.3. The molecule has 0 aliphatic heterocycles. The van der Waals surface area contributed by atoms with Crippen LogP contribution in [0.1, 0.15) is 16.1 Å². The van der Waals surface area contributed by atoms with E-state index in [1.807, 2.05) is 0 Å². The van der Waals surface area contributed by atoms with E-state index in [0.717, 1.165) is 17.7 Å². The van der Waals surface area contributed by atoms with E-state index in [4.69, 9.17) is 16.3 Å². The number of hydrogen-bond acceptors (Lipinski definition) is 4. The average Bonchev–Trinajstić information content (AvgIpc) is 3.36. The van der Waals surface area contributed by atoms with Gasteiger partial charge in [-0.1, -0.05) is 23.7 Å². The molecule has 164 valence electrons. The SMILES string of the molecule is O=C(Nc1nn(Cc2ccc(F)cc2)cc1Cl)c1ccn(COc2ccc(F)cc2F)n1. The molecule has 0 radical (unpaired) electrons. The van der Waals surface area contributed by atoms with Crippen molar-refractivity contribution in [2.45, 2.75) is 13.3 Å². The lowest BCUT2D eigenvalue weighted by Crippen LogP contribution is -2.15. The second-order valence-corrected chi connectivity index (χ2v) is 7.10. The van der Waals surface area contributed by atoms with Gasteiger partial charge in [0.1, 0.15) is 16.7 Å². The molecule has 0 unspecified atom stereocenters. The maximum Gasteiger partial charge on any atom is 0.277 e. The van der Waals surface area contributed by atoms with Crippen molar-refractivity contribution in [1.29, 1.82) is 0 Å². The van der Waals surface area contributed by atoms with Crippen LogP contribution in [0.4, 0.5) is 19.0 Å². The standard InChI is InChI=1S/C21H15ClF3N5O2/c22-16-11-30(10-13-1-3-14(23)4-2-13)28-20(16)26-21(31)18-7-8-29(27-18)12-32-19-6-5-15(24)9-17(19)25/h1-9,11H,10,12H2,(H,26,28,31). The summed E-state index contributed by atoms with van der Waals surface area (Å²) in [5, 5.41) is 11.1. The molecule has 0 spiro atoms. The van der Waals surface area contributed by atoms with Gasteiger partial charge in [0.05, 0.1) is 6.54 Å². The minimum atomic E-state index is -0.846. The summed E-state index contributed by atoms with van der Waals surface area (Å²) in [5.41, 5.74) is 0.858. The van der Waals surface area contributed by atoms with Crippen LogP contribution in [0.5, 0.6) is 5.75 Å². The Morgan fingerprint density at radius 2 is 1.75 bits per heavy atom. The monoisotopic (exact) mass is 461 g/mol. The number of ether oxygens (including phenoxy) is 1. The van der Waals surface area contributed by atoms with E-state index < -0.39 is 17.5 Å². The van der Waals surface area contributed by atoms with Crippen molar-refractivity contribution in [3.8, 4) is 5.75 Å². The Hall–Kier alpha value is -3.79. The topological polar surface area (TPSA) is 74.0 Å². The van der Waals surface area contributed by atoms with E-state index in [1.165, 1.54) is 40.0 Å². The summed E-state index contributed by atoms with van der Waals surface area (Å²) >= 11 is 6.15. The van der Waals surface area contributed by atoms with E-state index >= 15 is 0 Å². The van der Waals surface area contributed by atoms with Gasteiger partial charge >= 0.3 is 0 Å². The lowest BCUT2D eigenvalue weighted by molar-refractivity contribution is 0.101. The van der Waals surface area contributed by atoms with Crippen molar-refractivity contribution in [3.05, 3.63) is 94.7 Å². The molecule has 2 aromatic heterocycles. The van der Waals surface area contributed by atoms with Gasteiger partial charge in [0.15, 0.2) is 29.8 Å². The molecule has 0 bridgehead atoms. The first-order valence-corrected chi connectivity index (χ1v) is 9.65. The van der Waals surface area contributed by atoms with Crippen LogP contribution in [-0.2, 0) is 13.3 Å². The summed E-state index contributed by atoms with van der Waals surface area (Å²) in [6.07, 6.45) is 3.00. The second kappa shape index (κ2) is 9.15. The number of benzene rings is 2. The van der Waals surface area contributed by atoms with Gasteiger partial charge in [0, 0.05) is 18.5 Å². The maximum absolute atomic E-state index is 13.6. The minimum Gasteiger partial charge on any atom is -0.468 e. The summed E-state index contributed by atoms with van der Waals surface area (Å²) in [4.78, 5) is 12.5. The first-order chi connectivity index (χ1) is 15.4. The Kier molecular flexibility index (Phi) is 6.13. The predicted molar refractivity (Wildman–Crippen MR) is 110 cm³/mol. The van der Waals surface area contributed by atoms with Crippen LogP contribution < -0.4 is 10.1 Å². The number of halogens is 4. The van der Waals surface area contributed by atoms with Crippen LogP contribution in [0, 0.1) is 17.5 Å². The van der Waals surface area contributed by atoms with Gasteiger partial charge in [-0.05, 0) is 35.9 Å². The van der Waals surface area contributed by atoms with Gasteiger partial charge in [-0.3, -0.25) is 9.48 Å². The highest BCUT2D eigenvalue weighted by molar-refractivity contribution is 6.33. The Morgan fingerprint density at radius 1 is 1.00 bits per heavy atom. The van der Waals surface area contributed by atoms with E-state index in [0.29, 0.717) is 12.6 Å². The number of amides is 1. The summed E-state index contributed by atoms with van der Waals surface area (Å²) in [6.45, 7) is 0.144. The van der Waals surface area contributed by atoms with E-state index in [1.54, 1.807) is 12.1 Å². The molecule has 2 heterocycles. The van der Waals surface area contributed by atoms with Crippen molar-refractivity contribution in [3.63, 3.8) is 0 Å². The van der Waals surface area contributed by atoms with Crippen LogP contribution >= 0.6 is 11.6 Å². The van der Waals surface area contributed by atoms with Gasteiger partial charge in [0.2, 0.25) is 0 Å². The van der Waals surface area contributed by atoms with Crippen molar-refractivity contribution in [2.75, 3.05) is 5.32 Å². The first-order valence-electron chi connectivity index (χ1n) is 9.27. The number of nitrogens with zero attached hydrogens (tertiary/aromatic N) is 4. The Bertz CT molecular complexity index is 1260. The number of anilines is 1. The first kappa shape index (κ1) is 21.4. The number of carbonyl (C=O) groups is 1. The molecule has 0 aliphatic rings. The molecule has 7 nitrogen and oxygen atoms in total. The predicted octanol–water partition coefficient (Wildman–Crippen LogP) is 4.49. The molecule has 11 heteroatoms. The Balaban J connectivity index is 1.37. The third-order valence-corrected chi connectivity index (χ3v) is 4.60. The Morgan fingerprint density at radius 3 is 2.50 bits per heavy atom. The quantitative estimate of drug-likeness (QED) is 0.440. The molecule has 0 aliphatic carbocycles. The van der Waals surface area contributed by atoms with Gasteiger partial charge in [-0.25, -0.2) is 17.9 Å². The molecule has 4 aromatic rings. The number of hydrogen-bond donors (Lipinski definition) is 1. The zero-order chi connectivity index (χ0) is 22.7. The third kappa shape index (κ3) is 5.09. The maximum atomic E-state index is 13.6. The van der Waals surface area contributed by atoms with E-state index in [2.05, 4.69) is 15.5 Å². The van der Waals surface area contributed by atoms with Crippen molar-refractivity contribution in [1.82, 2.24) is 19.6 Å². The molecule has 0 saturated carbocycles. The summed E-state index contributed by atoms with van der Waals surface area (Å²) in [6, 6.07) is 10.3. The molecule has 0 fully saturated rings. The molecule has 2 aromatic carbocycles. The van der Waals surface area contributed by atoms with E-state index in [-0.39, 0.29) is 34.8 Å². The van der Waals surface area contributed by atoms with Crippen LogP contribution in [0.15, 0.2) is 60.9 Å². The average molecular weight is 462 g/mol. The highest BCUT2D eigenvalue weighted by atomic mass is 35.5. The highest BCUT2D eigenvalue weighted by Crippen LogP contribution is 2.21. The zero-order valence-corrected chi connectivity index (χ0v) is 17.1. The number of carbonyl (C=O) groups excluding carboxylic acids is 1. The molecular formula is C21H15ClF3N5O2. The normalized spacial score (nSPS) is 10.9. The van der Waals surface area contributed by atoms with Gasteiger partial charge in [-0.2, -0.15) is 10.2 Å². The van der Waals surface area contributed by atoms with Crippen molar-refractivity contribution >= 4 is 23.3 Å². The fraction of sp³-hybridized carbons (Fsp3) is 0.0952. The molecule has 0 saturated heterocycles. The van der Waals surface area contributed by atoms with Gasteiger partial charge < -0.3 is 10.1 Å². The Labute approximate surface area is 185 Å². The smallest absolute Gasteiger partial charge is 0.277 e. The molecule has 4 rings (SSSR count). The number of rotatable bonds is 7. The highest BCUT2D eigenvalue weighted by Gasteiger charge is 2.15.